The van der Waals surface area contributed by atoms with E-state index in [4.69, 9.17) is 28.5 Å². The van der Waals surface area contributed by atoms with Crippen LogP contribution in [0.4, 0.5) is 5.69 Å². The monoisotopic (exact) mass is 316 g/mol. The lowest BCUT2D eigenvalue weighted by molar-refractivity contribution is -0.112. The Labute approximate surface area is 132 Å². The van der Waals surface area contributed by atoms with E-state index in [0.29, 0.717) is 15.7 Å². The number of carbonyl (C=O) groups excluding carboxylic acids is 1. The molecule has 104 valence electrons. The number of halogens is 2. The molecule has 0 radical (unpaired) electrons. The maximum absolute atomic E-state index is 12.1. The Kier molecular flexibility index (Phi) is 4.99. The first-order valence-electron chi connectivity index (χ1n) is 6.03. The molecule has 0 saturated carbocycles. The van der Waals surface area contributed by atoms with Gasteiger partial charge in [0.1, 0.15) is 11.6 Å². The lowest BCUT2D eigenvalue weighted by atomic mass is 10.1. The third kappa shape index (κ3) is 4.09. The minimum absolute atomic E-state index is 0.0164. The summed E-state index contributed by atoms with van der Waals surface area (Å²) in [6.07, 6.45) is 1.51. The third-order valence-corrected chi connectivity index (χ3v) is 3.22. The van der Waals surface area contributed by atoms with Gasteiger partial charge in [0.2, 0.25) is 0 Å². The van der Waals surface area contributed by atoms with Crippen LogP contribution in [-0.4, -0.2) is 5.91 Å². The molecule has 1 N–H and O–H groups in total. The second-order valence-corrected chi connectivity index (χ2v) is 5.00. The molecule has 3 nitrogen and oxygen atoms in total. The lowest BCUT2D eigenvalue weighted by Gasteiger charge is -2.07. The van der Waals surface area contributed by atoms with Crippen LogP contribution in [0, 0.1) is 11.3 Å². The number of carbonyl (C=O) groups is 1. The summed E-state index contributed by atoms with van der Waals surface area (Å²) in [6.45, 7) is 0. The van der Waals surface area contributed by atoms with Crippen LogP contribution in [0.25, 0.3) is 6.08 Å². The topological polar surface area (TPSA) is 52.9 Å². The lowest BCUT2D eigenvalue weighted by Crippen LogP contribution is -2.13. The molecule has 1 amide bonds. The number of amides is 1. The second kappa shape index (κ2) is 6.94. The fourth-order valence-corrected chi connectivity index (χ4v) is 1.98. The van der Waals surface area contributed by atoms with Crippen LogP contribution in [0.1, 0.15) is 5.56 Å². The summed E-state index contributed by atoms with van der Waals surface area (Å²) in [5, 5.41) is 12.5. The SMILES string of the molecule is N#C/C(=C/c1ccccc1)C(=O)Nc1cc(Cl)ccc1Cl. The van der Waals surface area contributed by atoms with Crippen molar-refractivity contribution in [3.63, 3.8) is 0 Å². The van der Waals surface area contributed by atoms with Crippen LogP contribution >= 0.6 is 23.2 Å². The van der Waals surface area contributed by atoms with Gasteiger partial charge in [-0.05, 0) is 29.8 Å². The number of hydrogen-bond acceptors (Lipinski definition) is 2. The molecular weight excluding hydrogens is 307 g/mol. The van der Waals surface area contributed by atoms with Gasteiger partial charge in [-0.25, -0.2) is 0 Å². The molecule has 0 atom stereocenters. The number of benzene rings is 2. The van der Waals surface area contributed by atoms with E-state index >= 15 is 0 Å². The Hall–Kier alpha value is -2.28. The molecule has 0 aromatic heterocycles. The molecule has 0 aliphatic heterocycles. The molecule has 21 heavy (non-hydrogen) atoms. The molecule has 0 aliphatic rings. The Bertz CT molecular complexity index is 734. The zero-order chi connectivity index (χ0) is 15.2. The molecule has 0 fully saturated rings. The first-order valence-corrected chi connectivity index (χ1v) is 6.79. The van der Waals surface area contributed by atoms with Gasteiger partial charge in [0.15, 0.2) is 0 Å². The van der Waals surface area contributed by atoms with Crippen molar-refractivity contribution in [2.45, 2.75) is 0 Å². The minimum atomic E-state index is -0.537. The van der Waals surface area contributed by atoms with Crippen LogP contribution in [0.2, 0.25) is 10.0 Å². The highest BCUT2D eigenvalue weighted by Gasteiger charge is 2.11. The van der Waals surface area contributed by atoms with E-state index in [1.54, 1.807) is 24.3 Å². The van der Waals surface area contributed by atoms with Gasteiger partial charge in [0, 0.05) is 5.02 Å². The smallest absolute Gasteiger partial charge is 0.266 e. The van der Waals surface area contributed by atoms with E-state index in [-0.39, 0.29) is 5.57 Å². The number of nitrogens with zero attached hydrogens (tertiary/aromatic N) is 1. The molecule has 0 heterocycles. The number of anilines is 1. The molecule has 5 heteroatoms. The number of hydrogen-bond donors (Lipinski definition) is 1. The van der Waals surface area contributed by atoms with Crippen molar-refractivity contribution in [3.8, 4) is 6.07 Å². The summed E-state index contributed by atoms with van der Waals surface area (Å²) in [5.74, 6) is -0.537. The molecule has 0 aliphatic carbocycles. The van der Waals surface area contributed by atoms with Crippen molar-refractivity contribution in [1.82, 2.24) is 0 Å². The largest absolute Gasteiger partial charge is 0.320 e. The highest BCUT2D eigenvalue weighted by atomic mass is 35.5. The van der Waals surface area contributed by atoms with E-state index in [2.05, 4.69) is 5.32 Å². The van der Waals surface area contributed by atoms with Gasteiger partial charge in [-0.2, -0.15) is 5.26 Å². The van der Waals surface area contributed by atoms with Crippen LogP contribution in [-0.2, 0) is 4.79 Å². The van der Waals surface area contributed by atoms with Crippen LogP contribution in [0.15, 0.2) is 54.1 Å². The first kappa shape index (κ1) is 15.1. The van der Waals surface area contributed by atoms with Crippen molar-refractivity contribution >= 4 is 40.9 Å². The molecule has 0 bridgehead atoms. The number of nitriles is 1. The number of rotatable bonds is 3. The van der Waals surface area contributed by atoms with E-state index < -0.39 is 5.91 Å². The van der Waals surface area contributed by atoms with Gasteiger partial charge in [-0.1, -0.05) is 53.5 Å². The van der Waals surface area contributed by atoms with Crippen LogP contribution in [0.5, 0.6) is 0 Å². The van der Waals surface area contributed by atoms with Crippen molar-refractivity contribution in [3.05, 3.63) is 69.7 Å². The molecule has 2 rings (SSSR count). The zero-order valence-corrected chi connectivity index (χ0v) is 12.3. The maximum Gasteiger partial charge on any atom is 0.266 e. The van der Waals surface area contributed by atoms with E-state index in [0.717, 1.165) is 5.56 Å². The van der Waals surface area contributed by atoms with E-state index in [1.165, 1.54) is 12.1 Å². The van der Waals surface area contributed by atoms with Crippen molar-refractivity contribution in [1.29, 1.82) is 5.26 Å². The van der Waals surface area contributed by atoms with E-state index in [9.17, 15) is 4.79 Å². The molecule has 0 spiro atoms. The van der Waals surface area contributed by atoms with Crippen LogP contribution < -0.4 is 5.32 Å². The third-order valence-electron chi connectivity index (χ3n) is 2.65. The standard InChI is InChI=1S/C16H10Cl2N2O/c17-13-6-7-14(18)15(9-13)20-16(21)12(10-19)8-11-4-2-1-3-5-11/h1-9H,(H,20,21)/b12-8-. The quantitative estimate of drug-likeness (QED) is 0.667. The van der Waals surface area contributed by atoms with Gasteiger partial charge in [-0.3, -0.25) is 4.79 Å². The van der Waals surface area contributed by atoms with Crippen molar-refractivity contribution in [2.24, 2.45) is 0 Å². The van der Waals surface area contributed by atoms with E-state index in [1.807, 2.05) is 24.3 Å². The Morgan fingerprint density at radius 2 is 1.86 bits per heavy atom. The summed E-state index contributed by atoms with van der Waals surface area (Å²) < 4.78 is 0. The maximum atomic E-state index is 12.1. The fraction of sp³-hybridized carbons (Fsp3) is 0. The van der Waals surface area contributed by atoms with Gasteiger partial charge < -0.3 is 5.32 Å². The minimum Gasteiger partial charge on any atom is -0.320 e. The molecule has 2 aromatic carbocycles. The molecule has 0 unspecified atom stereocenters. The summed E-state index contributed by atoms with van der Waals surface area (Å²) in [4.78, 5) is 12.1. The van der Waals surface area contributed by atoms with Crippen molar-refractivity contribution in [2.75, 3.05) is 5.32 Å². The summed E-state index contributed by atoms with van der Waals surface area (Å²) in [5.41, 5.74) is 1.11. The normalized spacial score (nSPS) is 10.8. The van der Waals surface area contributed by atoms with Crippen molar-refractivity contribution < 1.29 is 4.79 Å². The molecule has 2 aromatic rings. The Morgan fingerprint density at radius 3 is 2.52 bits per heavy atom. The second-order valence-electron chi connectivity index (χ2n) is 4.16. The summed E-state index contributed by atoms with van der Waals surface area (Å²) in [6, 6.07) is 15.7. The Morgan fingerprint density at radius 1 is 1.14 bits per heavy atom. The fourth-order valence-electron chi connectivity index (χ4n) is 1.65. The average Bonchev–Trinajstić information content (AvgIpc) is 2.49. The summed E-state index contributed by atoms with van der Waals surface area (Å²) in [7, 11) is 0. The first-order chi connectivity index (χ1) is 10.1. The predicted octanol–water partition coefficient (Wildman–Crippen LogP) is 4.54. The van der Waals surface area contributed by atoms with Gasteiger partial charge >= 0.3 is 0 Å². The predicted molar refractivity (Wildman–Crippen MR) is 85.1 cm³/mol. The average molecular weight is 317 g/mol. The highest BCUT2D eigenvalue weighted by Crippen LogP contribution is 2.25. The highest BCUT2D eigenvalue weighted by molar-refractivity contribution is 6.36. The molecule has 0 saturated heterocycles. The zero-order valence-electron chi connectivity index (χ0n) is 10.8. The van der Waals surface area contributed by atoms with Crippen LogP contribution in [0.3, 0.4) is 0 Å². The van der Waals surface area contributed by atoms with Gasteiger partial charge in [-0.15, -0.1) is 0 Å². The van der Waals surface area contributed by atoms with Gasteiger partial charge in [0.05, 0.1) is 10.7 Å². The Balaban J connectivity index is 2.24. The summed E-state index contributed by atoms with van der Waals surface area (Å²) >= 11 is 11.8. The number of nitrogens with one attached hydrogen (secondary N) is 1. The van der Waals surface area contributed by atoms with Gasteiger partial charge in [0.25, 0.3) is 5.91 Å². The molecular formula is C16H10Cl2N2O.